The van der Waals surface area contributed by atoms with Gasteiger partial charge in [-0.2, -0.15) is 28.2 Å². The van der Waals surface area contributed by atoms with Gasteiger partial charge in [0, 0.05) is 41.9 Å². The van der Waals surface area contributed by atoms with E-state index in [0.717, 1.165) is 4.52 Å². The standard InChI is InChI=1S/C19H13F2N7O/c1-26-11-13(10-22-26)15-5-7-17-23-24-18(28(17)25-15)19(20,21)14-4-6-16-12(9-14)3-2-8-27(16)29/h2-11H,1H3. The number of hydrogen-bond acceptors (Lipinski definition) is 5. The van der Waals surface area contributed by atoms with Gasteiger partial charge in [0.2, 0.25) is 11.3 Å². The van der Waals surface area contributed by atoms with Crippen LogP contribution in [0.4, 0.5) is 8.78 Å². The van der Waals surface area contributed by atoms with Gasteiger partial charge in [0.05, 0.1) is 11.9 Å². The molecule has 0 amide bonds. The lowest BCUT2D eigenvalue weighted by molar-refractivity contribution is -0.577. The van der Waals surface area contributed by atoms with Gasteiger partial charge < -0.3 is 5.21 Å². The van der Waals surface area contributed by atoms with Gasteiger partial charge in [-0.1, -0.05) is 0 Å². The Morgan fingerprint density at radius 2 is 1.97 bits per heavy atom. The number of pyridine rings is 1. The van der Waals surface area contributed by atoms with Crippen LogP contribution in [0.3, 0.4) is 0 Å². The van der Waals surface area contributed by atoms with Crippen molar-refractivity contribution in [3.05, 3.63) is 77.7 Å². The number of aromatic nitrogens is 7. The second-order valence-corrected chi connectivity index (χ2v) is 6.60. The molecule has 0 aliphatic rings. The molecule has 0 atom stereocenters. The molecule has 0 unspecified atom stereocenters. The molecule has 29 heavy (non-hydrogen) atoms. The molecule has 0 aliphatic carbocycles. The summed E-state index contributed by atoms with van der Waals surface area (Å²) in [5, 5.41) is 28.1. The second kappa shape index (κ2) is 6.03. The normalized spacial score (nSPS) is 12.1. The van der Waals surface area contributed by atoms with E-state index in [4.69, 9.17) is 0 Å². The molecule has 4 heterocycles. The van der Waals surface area contributed by atoms with Crippen LogP contribution in [0.5, 0.6) is 0 Å². The number of hydrogen-bond donors (Lipinski definition) is 0. The van der Waals surface area contributed by atoms with Crippen molar-refractivity contribution in [2.75, 3.05) is 0 Å². The van der Waals surface area contributed by atoms with E-state index < -0.39 is 11.7 Å². The molecule has 0 bridgehead atoms. The molecule has 5 aromatic rings. The molecule has 0 N–H and O–H groups in total. The average Bonchev–Trinajstić information content (AvgIpc) is 3.34. The fraction of sp³-hybridized carbons (Fsp3) is 0.105. The molecular weight excluding hydrogens is 380 g/mol. The third-order valence-corrected chi connectivity index (χ3v) is 4.67. The lowest BCUT2D eigenvalue weighted by Gasteiger charge is -2.15. The van der Waals surface area contributed by atoms with Crippen LogP contribution in [0.15, 0.2) is 61.1 Å². The van der Waals surface area contributed by atoms with Gasteiger partial charge in [-0.3, -0.25) is 4.68 Å². The van der Waals surface area contributed by atoms with Crippen LogP contribution in [0, 0.1) is 5.21 Å². The molecule has 1 aromatic carbocycles. The number of nitrogens with zero attached hydrogens (tertiary/aromatic N) is 7. The highest BCUT2D eigenvalue weighted by molar-refractivity contribution is 5.76. The second-order valence-electron chi connectivity index (χ2n) is 6.60. The monoisotopic (exact) mass is 393 g/mol. The number of aryl methyl sites for hydroxylation is 1. The van der Waals surface area contributed by atoms with Crippen molar-refractivity contribution in [3.8, 4) is 11.3 Å². The minimum absolute atomic E-state index is 0.200. The first kappa shape index (κ1) is 17.2. The summed E-state index contributed by atoms with van der Waals surface area (Å²) < 4.78 is 34.0. The van der Waals surface area contributed by atoms with Crippen molar-refractivity contribution in [2.45, 2.75) is 5.92 Å². The van der Waals surface area contributed by atoms with E-state index in [-0.39, 0.29) is 11.2 Å². The number of rotatable bonds is 3. The topological polar surface area (TPSA) is 87.8 Å². The van der Waals surface area contributed by atoms with E-state index in [0.29, 0.717) is 26.9 Å². The van der Waals surface area contributed by atoms with E-state index in [9.17, 15) is 5.21 Å². The predicted molar refractivity (Wildman–Crippen MR) is 98.9 cm³/mol. The summed E-state index contributed by atoms with van der Waals surface area (Å²) in [6.07, 6.45) is 4.64. The zero-order valence-corrected chi connectivity index (χ0v) is 15.1. The molecule has 10 heteroatoms. The van der Waals surface area contributed by atoms with Crippen molar-refractivity contribution in [2.24, 2.45) is 7.05 Å². The maximum atomic E-state index is 15.4. The van der Waals surface area contributed by atoms with E-state index in [2.05, 4.69) is 20.4 Å². The molecular formula is C19H13F2N7O. The van der Waals surface area contributed by atoms with Gasteiger partial charge in [0.1, 0.15) is 0 Å². The van der Waals surface area contributed by atoms with Gasteiger partial charge in [-0.15, -0.1) is 10.2 Å². The van der Waals surface area contributed by atoms with Crippen molar-refractivity contribution < 1.29 is 13.5 Å². The highest BCUT2D eigenvalue weighted by atomic mass is 19.3. The fourth-order valence-corrected chi connectivity index (χ4v) is 3.21. The molecule has 144 valence electrons. The summed E-state index contributed by atoms with van der Waals surface area (Å²) in [6, 6.07) is 10.2. The van der Waals surface area contributed by atoms with Crippen LogP contribution in [-0.4, -0.2) is 29.6 Å². The third-order valence-electron chi connectivity index (χ3n) is 4.67. The smallest absolute Gasteiger partial charge is 0.333 e. The largest absolute Gasteiger partial charge is 0.618 e. The van der Waals surface area contributed by atoms with E-state index >= 15 is 8.78 Å². The number of alkyl halides is 2. The lowest BCUT2D eigenvalue weighted by Crippen LogP contribution is -2.26. The van der Waals surface area contributed by atoms with Gasteiger partial charge in [-0.05, 0) is 30.3 Å². The molecule has 0 aliphatic heterocycles. The zero-order chi connectivity index (χ0) is 20.2. The Morgan fingerprint density at radius 3 is 2.76 bits per heavy atom. The maximum absolute atomic E-state index is 15.4. The first-order chi connectivity index (χ1) is 13.9. The Bertz CT molecular complexity index is 1380. The van der Waals surface area contributed by atoms with Crippen molar-refractivity contribution >= 4 is 16.6 Å². The Kier molecular flexibility index (Phi) is 3.57. The Morgan fingerprint density at radius 1 is 1.10 bits per heavy atom. The van der Waals surface area contributed by atoms with Gasteiger partial charge in [0.25, 0.3) is 0 Å². The lowest BCUT2D eigenvalue weighted by atomic mass is 10.0. The van der Waals surface area contributed by atoms with Gasteiger partial charge in [-0.25, -0.2) is 0 Å². The first-order valence-corrected chi connectivity index (χ1v) is 8.66. The van der Waals surface area contributed by atoms with E-state index in [1.165, 1.54) is 30.5 Å². The van der Waals surface area contributed by atoms with Gasteiger partial charge in [0.15, 0.2) is 11.8 Å². The highest BCUT2D eigenvalue weighted by Crippen LogP contribution is 2.35. The highest BCUT2D eigenvalue weighted by Gasteiger charge is 2.40. The van der Waals surface area contributed by atoms with Crippen molar-refractivity contribution in [3.63, 3.8) is 0 Å². The first-order valence-electron chi connectivity index (χ1n) is 8.66. The molecule has 5 rings (SSSR count). The molecule has 4 aromatic heterocycles. The Hall–Kier alpha value is -3.95. The quantitative estimate of drug-likeness (QED) is 0.347. The molecule has 0 radical (unpaired) electrons. The minimum atomic E-state index is -3.47. The Balaban J connectivity index is 1.65. The van der Waals surface area contributed by atoms with Crippen molar-refractivity contribution in [1.82, 2.24) is 29.6 Å². The van der Waals surface area contributed by atoms with Crippen LogP contribution in [0.25, 0.3) is 27.8 Å². The SMILES string of the molecule is Cn1cc(-c2ccc3nnc(C(F)(F)c4ccc5c(ccc[n+]5[O-])c4)n3n2)cn1. The minimum Gasteiger partial charge on any atom is -0.618 e. The fourth-order valence-electron chi connectivity index (χ4n) is 3.21. The molecule has 0 spiro atoms. The Labute approximate surface area is 162 Å². The van der Waals surface area contributed by atoms with Crippen LogP contribution < -0.4 is 4.73 Å². The summed E-state index contributed by atoms with van der Waals surface area (Å²) >= 11 is 0. The zero-order valence-electron chi connectivity index (χ0n) is 15.1. The summed E-state index contributed by atoms with van der Waals surface area (Å²) in [7, 11) is 1.76. The number of benzene rings is 1. The number of halogens is 2. The van der Waals surface area contributed by atoms with Crippen LogP contribution >= 0.6 is 0 Å². The molecule has 8 nitrogen and oxygen atoms in total. The molecule has 0 saturated heterocycles. The summed E-state index contributed by atoms with van der Waals surface area (Å²) in [4.78, 5) is 0. The maximum Gasteiger partial charge on any atom is 0.333 e. The number of fused-ring (bicyclic) bond motifs is 2. The summed E-state index contributed by atoms with van der Waals surface area (Å²) in [5.74, 6) is -4.08. The molecule has 0 saturated carbocycles. The van der Waals surface area contributed by atoms with Crippen LogP contribution in [-0.2, 0) is 13.0 Å². The predicted octanol–water partition coefficient (Wildman–Crippen LogP) is 2.45. The van der Waals surface area contributed by atoms with Gasteiger partial charge >= 0.3 is 5.92 Å². The summed E-state index contributed by atoms with van der Waals surface area (Å²) in [5.41, 5.74) is 1.34. The third kappa shape index (κ3) is 2.68. The van der Waals surface area contributed by atoms with E-state index in [1.54, 1.807) is 42.3 Å². The van der Waals surface area contributed by atoms with E-state index in [1.807, 2.05) is 0 Å². The van der Waals surface area contributed by atoms with Crippen molar-refractivity contribution in [1.29, 1.82) is 0 Å². The molecule has 0 fully saturated rings. The summed E-state index contributed by atoms with van der Waals surface area (Å²) in [6.45, 7) is 0. The average molecular weight is 393 g/mol. The van der Waals surface area contributed by atoms with Crippen LogP contribution in [0.1, 0.15) is 11.4 Å². The van der Waals surface area contributed by atoms with Crippen LogP contribution in [0.2, 0.25) is 0 Å².